The molecule has 10 nitrogen and oxygen atoms in total. The van der Waals surface area contributed by atoms with Crippen LogP contribution in [0.2, 0.25) is 0 Å². The second kappa shape index (κ2) is 12.1. The van der Waals surface area contributed by atoms with Crippen LogP contribution in [0.5, 0.6) is 5.75 Å². The Hall–Kier alpha value is -5.28. The van der Waals surface area contributed by atoms with Crippen molar-refractivity contribution in [3.05, 3.63) is 72.4 Å². The molecule has 0 radical (unpaired) electrons. The van der Waals surface area contributed by atoms with E-state index in [0.29, 0.717) is 52.1 Å². The number of methoxy groups -OCH3 is 2. The summed E-state index contributed by atoms with van der Waals surface area (Å²) in [4.78, 5) is 29.2. The number of hydrogen-bond donors (Lipinski definition) is 3. The third-order valence-corrected chi connectivity index (χ3v) is 7.52. The Kier molecular flexibility index (Phi) is 8.33. The number of carbonyl (C=O) groups is 2. The fourth-order valence-corrected chi connectivity index (χ4v) is 5.44. The average molecular weight is 601 g/mol. The van der Waals surface area contributed by atoms with Crippen molar-refractivity contribution in [2.24, 2.45) is 0 Å². The van der Waals surface area contributed by atoms with Crippen LogP contribution >= 0.6 is 0 Å². The van der Waals surface area contributed by atoms with Gasteiger partial charge in [-0.05, 0) is 41.5 Å². The number of benzene rings is 2. The second-order valence-corrected chi connectivity index (χ2v) is 10.4. The molecule has 12 heteroatoms. The van der Waals surface area contributed by atoms with E-state index in [1.54, 1.807) is 37.4 Å². The maximum absolute atomic E-state index is 13.3. The number of nitriles is 1. The van der Waals surface area contributed by atoms with E-state index >= 15 is 0 Å². The van der Waals surface area contributed by atoms with Crippen molar-refractivity contribution in [2.45, 2.75) is 31.4 Å². The predicted molar refractivity (Wildman–Crippen MR) is 162 cm³/mol. The van der Waals surface area contributed by atoms with Crippen LogP contribution in [0.3, 0.4) is 0 Å². The molecule has 1 aliphatic rings. The number of nitrogens with two attached hydrogens (primary N) is 1. The molecule has 1 fully saturated rings. The summed E-state index contributed by atoms with van der Waals surface area (Å²) in [5.74, 6) is -3.24. The summed E-state index contributed by atoms with van der Waals surface area (Å²) in [5, 5.41) is 15.9. The van der Waals surface area contributed by atoms with Gasteiger partial charge in [0, 0.05) is 50.0 Å². The number of alkyl halides is 2. The van der Waals surface area contributed by atoms with Gasteiger partial charge in [0.25, 0.3) is 11.8 Å². The number of amides is 2. The van der Waals surface area contributed by atoms with Gasteiger partial charge in [-0.1, -0.05) is 24.8 Å². The van der Waals surface area contributed by atoms with Crippen molar-refractivity contribution in [1.82, 2.24) is 14.9 Å². The highest BCUT2D eigenvalue weighted by Gasteiger charge is 2.46. The van der Waals surface area contributed by atoms with Crippen molar-refractivity contribution in [1.29, 1.82) is 5.26 Å². The Balaban J connectivity index is 1.70. The number of nitrogens with zero attached hydrogens (tertiary/aromatic N) is 3. The van der Waals surface area contributed by atoms with Crippen LogP contribution < -0.4 is 21.1 Å². The topological polar surface area (TPSA) is 144 Å². The van der Waals surface area contributed by atoms with Gasteiger partial charge in [-0.25, -0.2) is 13.8 Å². The summed E-state index contributed by atoms with van der Waals surface area (Å²) >= 11 is 0. The summed E-state index contributed by atoms with van der Waals surface area (Å²) in [6, 6.07) is 13.7. The lowest BCUT2D eigenvalue weighted by molar-refractivity contribution is -0.111. The molecule has 0 atom stereocenters. The molecule has 1 saturated carbocycles. The van der Waals surface area contributed by atoms with E-state index < -0.39 is 30.7 Å². The largest absolute Gasteiger partial charge is 0.496 e. The number of pyridine rings is 1. The Labute approximate surface area is 252 Å². The summed E-state index contributed by atoms with van der Waals surface area (Å²) in [6.45, 7) is 4.16. The highest BCUT2D eigenvalue weighted by atomic mass is 19.3. The van der Waals surface area contributed by atoms with Gasteiger partial charge in [-0.2, -0.15) is 5.26 Å². The minimum atomic E-state index is -2.77. The number of aromatic nitrogens is 2. The molecule has 1 aliphatic carbocycles. The van der Waals surface area contributed by atoms with Gasteiger partial charge >= 0.3 is 0 Å². The van der Waals surface area contributed by atoms with E-state index in [2.05, 4.69) is 28.3 Å². The van der Waals surface area contributed by atoms with Gasteiger partial charge in [0.1, 0.15) is 17.6 Å². The quantitative estimate of drug-likeness (QED) is 0.214. The number of nitrogens with one attached hydrogen (secondary N) is 2. The van der Waals surface area contributed by atoms with Crippen molar-refractivity contribution >= 4 is 34.2 Å². The molecule has 5 rings (SSSR count). The van der Waals surface area contributed by atoms with Crippen molar-refractivity contribution in [3.8, 4) is 34.2 Å². The molecule has 0 bridgehead atoms. The van der Waals surface area contributed by atoms with Crippen LogP contribution in [0.25, 0.3) is 33.3 Å². The van der Waals surface area contributed by atoms with Gasteiger partial charge in [0.15, 0.2) is 0 Å². The first-order valence-corrected chi connectivity index (χ1v) is 13.7. The van der Waals surface area contributed by atoms with Gasteiger partial charge in [0.05, 0.1) is 41.4 Å². The van der Waals surface area contributed by atoms with E-state index in [4.69, 9.17) is 15.2 Å². The van der Waals surface area contributed by atoms with Gasteiger partial charge < -0.3 is 30.4 Å². The molecule has 2 amide bonds. The zero-order valence-electron chi connectivity index (χ0n) is 24.1. The molecular weight excluding hydrogens is 570 g/mol. The monoisotopic (exact) mass is 600 g/mol. The third kappa shape index (κ3) is 5.69. The standard InChI is InChI=1S/C32H30F2N6O4/c1-4-25(41)38-21-8-5-18(6-9-21)28-26(27-29(40(28)11-12-43-2)20(16-35)17-37-30(27)36)19-7-10-23(24(13-19)44-3)31(42)39-22-14-32(33,34)15-22/h4-10,13,17,22H,1,11-12,14-15H2,2-3H3,(H2,36,37)(H,38,41)(H,39,42). The minimum absolute atomic E-state index is 0.183. The van der Waals surface area contributed by atoms with E-state index in [0.717, 1.165) is 5.56 Å². The molecule has 0 aliphatic heterocycles. The van der Waals surface area contributed by atoms with E-state index in [1.165, 1.54) is 19.4 Å². The number of nitrogen functional groups attached to an aromatic ring is 1. The average Bonchev–Trinajstić information content (AvgIpc) is 3.35. The van der Waals surface area contributed by atoms with Crippen LogP contribution in [0, 0.1) is 11.3 Å². The molecule has 2 heterocycles. The Morgan fingerprint density at radius 3 is 2.52 bits per heavy atom. The second-order valence-electron chi connectivity index (χ2n) is 10.4. The summed E-state index contributed by atoms with van der Waals surface area (Å²) in [5.41, 5.74) is 10.7. The molecular formula is C32H30F2N6O4. The fourth-order valence-electron chi connectivity index (χ4n) is 5.44. The molecule has 0 saturated heterocycles. The van der Waals surface area contributed by atoms with E-state index in [1.807, 2.05) is 16.7 Å². The lowest BCUT2D eigenvalue weighted by Gasteiger charge is -2.35. The lowest BCUT2D eigenvalue weighted by atomic mass is 9.88. The number of fused-ring (bicyclic) bond motifs is 1. The predicted octanol–water partition coefficient (Wildman–Crippen LogP) is 5.13. The van der Waals surface area contributed by atoms with Crippen molar-refractivity contribution in [3.63, 3.8) is 0 Å². The first-order valence-electron chi connectivity index (χ1n) is 13.7. The molecule has 0 spiro atoms. The van der Waals surface area contributed by atoms with Crippen LogP contribution in [-0.2, 0) is 16.1 Å². The maximum Gasteiger partial charge on any atom is 0.255 e. The van der Waals surface area contributed by atoms with E-state index in [-0.39, 0.29) is 23.0 Å². The zero-order valence-corrected chi connectivity index (χ0v) is 24.1. The van der Waals surface area contributed by atoms with Crippen LogP contribution in [0.15, 0.2) is 61.3 Å². The van der Waals surface area contributed by atoms with Gasteiger partial charge in [0.2, 0.25) is 5.91 Å². The van der Waals surface area contributed by atoms with Crippen LogP contribution in [0.4, 0.5) is 20.3 Å². The normalized spacial score (nSPS) is 14.0. The Morgan fingerprint density at radius 1 is 1.20 bits per heavy atom. The lowest BCUT2D eigenvalue weighted by Crippen LogP contribution is -2.50. The summed E-state index contributed by atoms with van der Waals surface area (Å²) in [6.07, 6.45) is 1.77. The zero-order chi connectivity index (χ0) is 31.6. The summed E-state index contributed by atoms with van der Waals surface area (Å²) in [7, 11) is 2.99. The van der Waals surface area contributed by atoms with Crippen molar-refractivity contribution in [2.75, 3.05) is 31.9 Å². The first-order chi connectivity index (χ1) is 21.1. The highest BCUT2D eigenvalue weighted by Crippen LogP contribution is 2.45. The van der Waals surface area contributed by atoms with Crippen LogP contribution in [-0.4, -0.2) is 54.2 Å². The molecule has 4 N–H and O–H groups in total. The van der Waals surface area contributed by atoms with Crippen molar-refractivity contribution < 1.29 is 27.8 Å². The molecule has 2 aromatic heterocycles. The fraction of sp³-hybridized carbons (Fsp3) is 0.250. The third-order valence-electron chi connectivity index (χ3n) is 7.52. The molecule has 0 unspecified atom stereocenters. The van der Waals surface area contributed by atoms with Gasteiger partial charge in [-0.3, -0.25) is 9.59 Å². The number of halogens is 2. The number of ether oxygens (including phenoxy) is 2. The number of carbonyl (C=O) groups excluding carboxylic acids is 2. The van der Waals surface area contributed by atoms with Crippen LogP contribution in [0.1, 0.15) is 28.8 Å². The van der Waals surface area contributed by atoms with Gasteiger partial charge in [-0.15, -0.1) is 0 Å². The molecule has 4 aromatic rings. The minimum Gasteiger partial charge on any atom is -0.496 e. The molecule has 44 heavy (non-hydrogen) atoms. The Bertz CT molecular complexity index is 1800. The first kappa shape index (κ1) is 30.2. The molecule has 2 aromatic carbocycles. The molecule has 226 valence electrons. The summed E-state index contributed by atoms with van der Waals surface area (Å²) < 4.78 is 39.6. The highest BCUT2D eigenvalue weighted by molar-refractivity contribution is 6.11. The smallest absolute Gasteiger partial charge is 0.255 e. The Morgan fingerprint density at radius 2 is 1.91 bits per heavy atom. The van der Waals surface area contributed by atoms with E-state index in [9.17, 15) is 23.6 Å². The number of rotatable bonds is 10. The number of anilines is 2. The number of hydrogen-bond acceptors (Lipinski definition) is 7. The SMILES string of the molecule is C=CC(=O)Nc1ccc(-c2c(-c3ccc(C(=O)NC4CC(F)(F)C4)c(OC)c3)c3c(N)ncc(C#N)c3n2CCOC)cc1. The maximum atomic E-state index is 13.3.